The molecule has 0 radical (unpaired) electrons. The quantitative estimate of drug-likeness (QED) is 0.865. The van der Waals surface area contributed by atoms with E-state index in [-0.39, 0.29) is 18.0 Å². The zero-order chi connectivity index (χ0) is 14.4. The number of carbonyl (C=O) groups is 2. The molecule has 1 saturated heterocycles. The number of hydrogen-bond acceptors (Lipinski definition) is 3. The average Bonchev–Trinajstić information content (AvgIpc) is 2.48. The van der Waals surface area contributed by atoms with Crippen molar-refractivity contribution in [1.82, 2.24) is 20.5 Å². The van der Waals surface area contributed by atoms with E-state index >= 15 is 0 Å². The zero-order valence-corrected chi connectivity index (χ0v) is 11.6. The Bertz CT molecular complexity index is 456. The minimum atomic E-state index is -0.133. The molecule has 108 valence electrons. The molecule has 0 saturated carbocycles. The number of carbonyl (C=O) groups excluding carboxylic acids is 2. The number of rotatable bonds is 3. The van der Waals surface area contributed by atoms with Crippen molar-refractivity contribution in [2.24, 2.45) is 0 Å². The Kier molecular flexibility index (Phi) is 4.92. The van der Waals surface area contributed by atoms with Gasteiger partial charge in [-0.05, 0) is 31.9 Å². The molecule has 20 heavy (non-hydrogen) atoms. The number of amides is 3. The monoisotopic (exact) mass is 276 g/mol. The van der Waals surface area contributed by atoms with Crippen LogP contribution >= 0.6 is 0 Å². The third-order valence-electron chi connectivity index (χ3n) is 3.38. The lowest BCUT2D eigenvalue weighted by molar-refractivity contribution is 0.0708. The highest BCUT2D eigenvalue weighted by Crippen LogP contribution is 2.13. The molecule has 0 atom stereocenters. The Morgan fingerprint density at radius 1 is 1.30 bits per heavy atom. The molecule has 1 aliphatic rings. The molecule has 2 N–H and O–H groups in total. The van der Waals surface area contributed by atoms with E-state index in [2.05, 4.69) is 15.6 Å². The van der Waals surface area contributed by atoms with Crippen molar-refractivity contribution in [3.63, 3.8) is 0 Å². The summed E-state index contributed by atoms with van der Waals surface area (Å²) in [5.74, 6) is 0.0314. The van der Waals surface area contributed by atoms with Crippen molar-refractivity contribution >= 4 is 11.9 Å². The molecular formula is C14H20N4O2. The predicted molar refractivity (Wildman–Crippen MR) is 75.4 cm³/mol. The fourth-order valence-electron chi connectivity index (χ4n) is 2.30. The first-order valence-electron chi connectivity index (χ1n) is 6.94. The van der Waals surface area contributed by atoms with Crippen LogP contribution in [0.5, 0.6) is 0 Å². The first-order chi connectivity index (χ1) is 9.70. The minimum Gasteiger partial charge on any atom is -0.338 e. The van der Waals surface area contributed by atoms with Crippen molar-refractivity contribution in [3.8, 4) is 0 Å². The number of nitrogens with one attached hydrogen (secondary N) is 2. The summed E-state index contributed by atoms with van der Waals surface area (Å²) in [7, 11) is 0. The lowest BCUT2D eigenvalue weighted by atomic mass is 10.0. The third kappa shape index (κ3) is 3.69. The van der Waals surface area contributed by atoms with Crippen LogP contribution < -0.4 is 10.6 Å². The SMILES string of the molecule is CCNC(=O)NC1CCN(C(=O)c2ccncc2)CC1. The Balaban J connectivity index is 1.82. The average molecular weight is 276 g/mol. The first-order valence-corrected chi connectivity index (χ1v) is 6.94. The molecule has 0 aromatic carbocycles. The smallest absolute Gasteiger partial charge is 0.314 e. The van der Waals surface area contributed by atoms with Crippen LogP contribution in [0.25, 0.3) is 0 Å². The van der Waals surface area contributed by atoms with Crippen molar-refractivity contribution in [2.45, 2.75) is 25.8 Å². The second-order valence-electron chi connectivity index (χ2n) is 4.81. The van der Waals surface area contributed by atoms with Gasteiger partial charge in [-0.25, -0.2) is 4.79 Å². The summed E-state index contributed by atoms with van der Waals surface area (Å²) >= 11 is 0. The Morgan fingerprint density at radius 3 is 2.55 bits per heavy atom. The molecule has 3 amide bonds. The van der Waals surface area contributed by atoms with Gasteiger partial charge in [-0.2, -0.15) is 0 Å². The molecule has 0 spiro atoms. The summed E-state index contributed by atoms with van der Waals surface area (Å²) in [5, 5.41) is 5.64. The van der Waals surface area contributed by atoms with Crippen molar-refractivity contribution in [2.75, 3.05) is 19.6 Å². The summed E-state index contributed by atoms with van der Waals surface area (Å²) in [5.41, 5.74) is 0.662. The summed E-state index contributed by atoms with van der Waals surface area (Å²) in [4.78, 5) is 29.4. The van der Waals surface area contributed by atoms with Gasteiger partial charge in [-0.3, -0.25) is 9.78 Å². The van der Waals surface area contributed by atoms with Gasteiger partial charge in [-0.1, -0.05) is 0 Å². The summed E-state index contributed by atoms with van der Waals surface area (Å²) in [6.45, 7) is 3.83. The lowest BCUT2D eigenvalue weighted by Gasteiger charge is -2.32. The van der Waals surface area contributed by atoms with Gasteiger partial charge < -0.3 is 15.5 Å². The highest BCUT2D eigenvalue weighted by Gasteiger charge is 2.24. The van der Waals surface area contributed by atoms with E-state index in [9.17, 15) is 9.59 Å². The number of aromatic nitrogens is 1. The van der Waals surface area contributed by atoms with Crippen LogP contribution in [0.15, 0.2) is 24.5 Å². The molecule has 1 aromatic heterocycles. The maximum atomic E-state index is 12.2. The highest BCUT2D eigenvalue weighted by atomic mass is 16.2. The number of pyridine rings is 1. The van der Waals surface area contributed by atoms with E-state index in [0.29, 0.717) is 25.2 Å². The topological polar surface area (TPSA) is 74.3 Å². The van der Waals surface area contributed by atoms with Gasteiger partial charge in [-0.15, -0.1) is 0 Å². The van der Waals surface area contributed by atoms with Crippen LogP contribution in [0.3, 0.4) is 0 Å². The van der Waals surface area contributed by atoms with Gasteiger partial charge in [0.25, 0.3) is 5.91 Å². The van der Waals surface area contributed by atoms with Crippen LogP contribution in [0, 0.1) is 0 Å². The van der Waals surface area contributed by atoms with E-state index in [1.807, 2.05) is 11.8 Å². The molecular weight excluding hydrogens is 256 g/mol. The van der Waals surface area contributed by atoms with Crippen molar-refractivity contribution < 1.29 is 9.59 Å². The molecule has 6 heteroatoms. The van der Waals surface area contributed by atoms with E-state index < -0.39 is 0 Å². The van der Waals surface area contributed by atoms with Crippen molar-refractivity contribution in [3.05, 3.63) is 30.1 Å². The Hall–Kier alpha value is -2.11. The van der Waals surface area contributed by atoms with Gasteiger partial charge in [0.2, 0.25) is 0 Å². The van der Waals surface area contributed by atoms with Crippen LogP contribution in [0.1, 0.15) is 30.1 Å². The molecule has 1 aliphatic heterocycles. The minimum absolute atomic E-state index is 0.0314. The van der Waals surface area contributed by atoms with Gasteiger partial charge >= 0.3 is 6.03 Å². The van der Waals surface area contributed by atoms with Crippen LogP contribution in [-0.4, -0.2) is 47.5 Å². The molecule has 6 nitrogen and oxygen atoms in total. The second-order valence-corrected chi connectivity index (χ2v) is 4.81. The van der Waals surface area contributed by atoms with Gasteiger partial charge in [0.05, 0.1) is 0 Å². The number of piperidine rings is 1. The molecule has 0 bridgehead atoms. The van der Waals surface area contributed by atoms with E-state index in [4.69, 9.17) is 0 Å². The number of likely N-dealkylation sites (tertiary alicyclic amines) is 1. The second kappa shape index (κ2) is 6.88. The maximum Gasteiger partial charge on any atom is 0.314 e. The summed E-state index contributed by atoms with van der Waals surface area (Å²) in [6, 6.07) is 3.46. The van der Waals surface area contributed by atoms with E-state index in [1.54, 1.807) is 24.5 Å². The summed E-state index contributed by atoms with van der Waals surface area (Å²) in [6.07, 6.45) is 4.81. The fourth-order valence-corrected chi connectivity index (χ4v) is 2.30. The molecule has 0 unspecified atom stereocenters. The van der Waals surface area contributed by atoms with Gasteiger partial charge in [0.1, 0.15) is 0 Å². The molecule has 2 heterocycles. The molecule has 1 fully saturated rings. The maximum absolute atomic E-state index is 12.2. The van der Waals surface area contributed by atoms with Crippen LogP contribution in [-0.2, 0) is 0 Å². The third-order valence-corrected chi connectivity index (χ3v) is 3.38. The zero-order valence-electron chi connectivity index (χ0n) is 11.6. The molecule has 2 rings (SSSR count). The Morgan fingerprint density at radius 2 is 1.95 bits per heavy atom. The largest absolute Gasteiger partial charge is 0.338 e. The van der Waals surface area contributed by atoms with E-state index in [1.165, 1.54) is 0 Å². The lowest BCUT2D eigenvalue weighted by Crippen LogP contribution is -2.49. The normalized spacial score (nSPS) is 15.8. The fraction of sp³-hybridized carbons (Fsp3) is 0.500. The molecule has 0 aliphatic carbocycles. The van der Waals surface area contributed by atoms with Crippen molar-refractivity contribution in [1.29, 1.82) is 0 Å². The molecule has 1 aromatic rings. The summed E-state index contributed by atoms with van der Waals surface area (Å²) < 4.78 is 0. The van der Waals surface area contributed by atoms with Crippen LogP contribution in [0.4, 0.5) is 4.79 Å². The standard InChI is InChI=1S/C14H20N4O2/c1-2-16-14(20)17-12-5-9-18(10-6-12)13(19)11-3-7-15-8-4-11/h3-4,7-8,12H,2,5-6,9-10H2,1H3,(H2,16,17,20). The Labute approximate surface area is 118 Å². The van der Waals surface area contributed by atoms with Gasteiger partial charge in [0.15, 0.2) is 0 Å². The highest BCUT2D eigenvalue weighted by molar-refractivity contribution is 5.94. The van der Waals surface area contributed by atoms with Gasteiger partial charge in [0, 0.05) is 43.6 Å². The first kappa shape index (κ1) is 14.3. The number of urea groups is 1. The van der Waals surface area contributed by atoms with Crippen LogP contribution in [0.2, 0.25) is 0 Å². The number of nitrogens with zero attached hydrogens (tertiary/aromatic N) is 2. The number of hydrogen-bond donors (Lipinski definition) is 2. The predicted octanol–water partition coefficient (Wildman–Crippen LogP) is 1.01. The van der Waals surface area contributed by atoms with E-state index in [0.717, 1.165) is 12.8 Å².